The maximum Gasteiger partial charge on any atom is 0.329 e. The van der Waals surface area contributed by atoms with Crippen LogP contribution in [-0.2, 0) is 10.2 Å². The fourth-order valence-corrected chi connectivity index (χ4v) is 5.87. The third-order valence-electron chi connectivity index (χ3n) is 6.60. The first kappa shape index (κ1) is 25.0. The van der Waals surface area contributed by atoms with E-state index in [0.29, 0.717) is 28.7 Å². The number of aryl methyl sites for hydroxylation is 1. The summed E-state index contributed by atoms with van der Waals surface area (Å²) in [5.41, 5.74) is 0.0217. The highest BCUT2D eigenvalue weighted by Crippen LogP contribution is 2.54. The van der Waals surface area contributed by atoms with Crippen LogP contribution in [0.4, 0.5) is 0 Å². The number of thiazole rings is 1. The minimum atomic E-state index is -1.45. The fraction of sp³-hybridized carbons (Fsp3) is 0.500. The highest BCUT2D eigenvalue weighted by molar-refractivity contribution is 7.09. The molecule has 1 aliphatic heterocycles. The third-order valence-corrected chi connectivity index (χ3v) is 7.45. The van der Waals surface area contributed by atoms with E-state index in [2.05, 4.69) is 35.9 Å². The van der Waals surface area contributed by atoms with E-state index in [1.807, 2.05) is 31.4 Å². The molecule has 9 heteroatoms. The average molecular weight is 497 g/mol. The maximum atomic E-state index is 14.2. The third kappa shape index (κ3) is 4.61. The summed E-state index contributed by atoms with van der Waals surface area (Å²) in [4.78, 5) is 37.6. The van der Waals surface area contributed by atoms with Crippen LogP contribution in [0.2, 0.25) is 0 Å². The quantitative estimate of drug-likeness (QED) is 0.488. The number of carboxylic acid groups (broad SMARTS) is 1. The minimum Gasteiger partial charge on any atom is -0.479 e. The van der Waals surface area contributed by atoms with Crippen LogP contribution in [0.1, 0.15) is 92.1 Å². The zero-order chi connectivity index (χ0) is 25.5. The highest BCUT2D eigenvalue weighted by Gasteiger charge is 2.61. The number of hydrogen-bond acceptors (Lipinski definition) is 7. The van der Waals surface area contributed by atoms with E-state index in [-0.39, 0.29) is 23.7 Å². The van der Waals surface area contributed by atoms with Crippen LogP contribution >= 0.6 is 11.3 Å². The van der Waals surface area contributed by atoms with E-state index in [1.165, 1.54) is 16.2 Å². The number of rotatable bonds is 6. The molecule has 1 amide bonds. The molecule has 2 aromatic heterocycles. The van der Waals surface area contributed by atoms with Crippen LogP contribution in [0.3, 0.4) is 0 Å². The SMILES string of the molecule is Cc1noc([C@H]2C[C@@](CC(C)C)(C(=O)O)N(C(=O)c3ccc(C(C)(C)C)cc3)[C@H]2c2nccs2)n1. The van der Waals surface area contributed by atoms with Gasteiger partial charge in [-0.25, -0.2) is 9.78 Å². The number of carbonyl (C=O) groups is 2. The number of nitrogens with zero attached hydrogens (tertiary/aromatic N) is 4. The second kappa shape index (κ2) is 9.18. The number of likely N-dealkylation sites (tertiary alicyclic amines) is 1. The molecule has 3 aromatic rings. The second-order valence-electron chi connectivity index (χ2n) is 10.7. The Morgan fingerprint density at radius 1 is 1.26 bits per heavy atom. The molecule has 0 bridgehead atoms. The molecule has 0 radical (unpaired) electrons. The molecule has 1 aromatic carbocycles. The lowest BCUT2D eigenvalue weighted by atomic mass is 9.83. The molecular formula is C26H32N4O4S. The molecule has 0 aliphatic carbocycles. The van der Waals surface area contributed by atoms with Gasteiger partial charge in [0.1, 0.15) is 10.5 Å². The Morgan fingerprint density at radius 2 is 1.94 bits per heavy atom. The van der Waals surface area contributed by atoms with Crippen LogP contribution in [0.15, 0.2) is 40.4 Å². The Hall–Kier alpha value is -3.07. The summed E-state index contributed by atoms with van der Waals surface area (Å²) in [5, 5.41) is 17.1. The lowest BCUT2D eigenvalue weighted by Crippen LogP contribution is -2.54. The molecule has 0 spiro atoms. The van der Waals surface area contributed by atoms with Crippen molar-refractivity contribution in [3.8, 4) is 0 Å². The topological polar surface area (TPSA) is 109 Å². The summed E-state index contributed by atoms with van der Waals surface area (Å²) in [6, 6.07) is 6.80. The summed E-state index contributed by atoms with van der Waals surface area (Å²) in [6.07, 6.45) is 2.12. The van der Waals surface area contributed by atoms with Crippen molar-refractivity contribution >= 4 is 23.2 Å². The van der Waals surface area contributed by atoms with Crippen LogP contribution in [0, 0.1) is 12.8 Å². The van der Waals surface area contributed by atoms with Crippen molar-refractivity contribution in [3.63, 3.8) is 0 Å². The van der Waals surface area contributed by atoms with Gasteiger partial charge >= 0.3 is 5.97 Å². The summed E-state index contributed by atoms with van der Waals surface area (Å²) < 4.78 is 5.53. The normalized spacial score (nSPS) is 22.7. The van der Waals surface area contributed by atoms with Gasteiger partial charge in [0, 0.05) is 17.1 Å². The van der Waals surface area contributed by atoms with Crippen LogP contribution in [0.25, 0.3) is 0 Å². The summed E-state index contributed by atoms with van der Waals surface area (Å²) in [5.74, 6) is -1.04. The van der Waals surface area contributed by atoms with E-state index >= 15 is 0 Å². The molecule has 1 aliphatic rings. The number of carbonyl (C=O) groups excluding carboxylic acids is 1. The van der Waals surface area contributed by atoms with Gasteiger partial charge in [-0.2, -0.15) is 4.98 Å². The number of hydrogen-bond donors (Lipinski definition) is 1. The fourth-order valence-electron chi connectivity index (χ4n) is 5.08. The van der Waals surface area contributed by atoms with Crippen molar-refractivity contribution in [2.45, 2.75) is 77.3 Å². The smallest absolute Gasteiger partial charge is 0.329 e. The van der Waals surface area contributed by atoms with E-state index in [1.54, 1.807) is 25.3 Å². The minimum absolute atomic E-state index is 0.0322. The monoisotopic (exact) mass is 496 g/mol. The molecule has 4 rings (SSSR count). The first-order valence-corrected chi connectivity index (χ1v) is 12.7. The van der Waals surface area contributed by atoms with E-state index in [0.717, 1.165) is 5.56 Å². The molecule has 35 heavy (non-hydrogen) atoms. The number of benzene rings is 1. The standard InChI is InChI=1S/C26H32N4O4S/c1-15(2)13-26(24(32)33)14-19(21-28-16(3)29-34-21)20(22-27-11-12-35-22)30(26)23(31)17-7-9-18(10-8-17)25(4,5)6/h7-12,15,19-20H,13-14H2,1-6H3,(H,32,33)/t19-,20+,26-/m0/s1. The molecular weight excluding hydrogens is 464 g/mol. The van der Waals surface area contributed by atoms with Crippen LogP contribution < -0.4 is 0 Å². The maximum absolute atomic E-state index is 14.2. The molecule has 8 nitrogen and oxygen atoms in total. The lowest BCUT2D eigenvalue weighted by molar-refractivity contribution is -0.150. The van der Waals surface area contributed by atoms with Gasteiger partial charge in [0.15, 0.2) is 5.82 Å². The van der Waals surface area contributed by atoms with Gasteiger partial charge in [0.05, 0.1) is 12.0 Å². The van der Waals surface area contributed by atoms with Gasteiger partial charge in [-0.15, -0.1) is 11.3 Å². The van der Waals surface area contributed by atoms with Gasteiger partial charge in [-0.3, -0.25) is 4.79 Å². The number of amides is 1. The molecule has 3 atom stereocenters. The van der Waals surface area contributed by atoms with Crippen molar-refractivity contribution < 1.29 is 19.2 Å². The zero-order valence-corrected chi connectivity index (χ0v) is 21.8. The molecule has 1 N–H and O–H groups in total. The van der Waals surface area contributed by atoms with Crippen molar-refractivity contribution in [1.29, 1.82) is 0 Å². The first-order chi connectivity index (χ1) is 16.4. The predicted octanol–water partition coefficient (Wildman–Crippen LogP) is 5.37. The van der Waals surface area contributed by atoms with Crippen molar-refractivity contribution in [2.75, 3.05) is 0 Å². The van der Waals surface area contributed by atoms with Gasteiger partial charge in [0.2, 0.25) is 5.89 Å². The number of carboxylic acids is 1. The van der Waals surface area contributed by atoms with Crippen LogP contribution in [-0.4, -0.2) is 42.5 Å². The molecule has 3 heterocycles. The number of aliphatic carboxylic acids is 1. The molecule has 0 unspecified atom stereocenters. The van der Waals surface area contributed by atoms with Gasteiger partial charge in [-0.1, -0.05) is 51.9 Å². The van der Waals surface area contributed by atoms with Gasteiger partial charge in [0.25, 0.3) is 5.91 Å². The van der Waals surface area contributed by atoms with Crippen molar-refractivity contribution in [1.82, 2.24) is 20.0 Å². The Morgan fingerprint density at radius 3 is 2.43 bits per heavy atom. The Bertz CT molecular complexity index is 1200. The van der Waals surface area contributed by atoms with E-state index < -0.39 is 23.5 Å². The summed E-state index contributed by atoms with van der Waals surface area (Å²) in [7, 11) is 0. The van der Waals surface area contributed by atoms with Gasteiger partial charge < -0.3 is 14.5 Å². The molecule has 0 saturated carbocycles. The highest BCUT2D eigenvalue weighted by atomic mass is 32.1. The zero-order valence-electron chi connectivity index (χ0n) is 21.0. The largest absolute Gasteiger partial charge is 0.479 e. The second-order valence-corrected chi connectivity index (χ2v) is 11.7. The molecule has 1 saturated heterocycles. The predicted molar refractivity (Wildman–Crippen MR) is 132 cm³/mol. The Kier molecular flexibility index (Phi) is 6.57. The number of aromatic nitrogens is 3. The van der Waals surface area contributed by atoms with Crippen molar-refractivity contribution in [3.05, 3.63) is 63.7 Å². The lowest BCUT2D eigenvalue weighted by Gasteiger charge is -2.38. The summed E-state index contributed by atoms with van der Waals surface area (Å²) >= 11 is 1.39. The van der Waals surface area contributed by atoms with Gasteiger partial charge in [-0.05, 0) is 48.8 Å². The van der Waals surface area contributed by atoms with E-state index in [4.69, 9.17) is 4.52 Å². The van der Waals surface area contributed by atoms with Crippen molar-refractivity contribution in [2.24, 2.45) is 5.92 Å². The Labute approximate surface area is 209 Å². The van der Waals surface area contributed by atoms with E-state index in [9.17, 15) is 14.7 Å². The Balaban J connectivity index is 1.89. The average Bonchev–Trinajstić information content (AvgIpc) is 3.51. The summed E-state index contributed by atoms with van der Waals surface area (Å²) in [6.45, 7) is 12.0. The molecule has 1 fully saturated rings. The molecule has 186 valence electrons. The first-order valence-electron chi connectivity index (χ1n) is 11.8. The van der Waals surface area contributed by atoms with Crippen LogP contribution in [0.5, 0.6) is 0 Å².